The van der Waals surface area contributed by atoms with Gasteiger partial charge in [0.05, 0.1) is 18.2 Å². The Morgan fingerprint density at radius 1 is 1.83 bits per heavy atom. The standard InChI is InChI=1S/C9H11N3/c1-3-9-11-8(2)7-12(9)6-4-5-10/h3,7H,1,4,6H2,2H3. The summed E-state index contributed by atoms with van der Waals surface area (Å²) in [6.45, 7) is 6.27. The van der Waals surface area contributed by atoms with Crippen LogP contribution >= 0.6 is 0 Å². The normalized spacial score (nSPS) is 9.33. The van der Waals surface area contributed by atoms with E-state index >= 15 is 0 Å². The van der Waals surface area contributed by atoms with Gasteiger partial charge in [-0.15, -0.1) is 0 Å². The Labute approximate surface area is 72.0 Å². The SMILES string of the molecule is C=Cc1nc(C)cn1CCC#N. The van der Waals surface area contributed by atoms with Crippen LogP contribution in [0.3, 0.4) is 0 Å². The van der Waals surface area contributed by atoms with Crippen molar-refractivity contribution >= 4 is 6.08 Å². The Morgan fingerprint density at radius 2 is 2.58 bits per heavy atom. The largest absolute Gasteiger partial charge is 0.330 e. The number of imidazole rings is 1. The van der Waals surface area contributed by atoms with Gasteiger partial charge in [0.2, 0.25) is 0 Å². The van der Waals surface area contributed by atoms with Crippen molar-refractivity contribution in [2.75, 3.05) is 0 Å². The van der Waals surface area contributed by atoms with Gasteiger partial charge < -0.3 is 4.57 Å². The summed E-state index contributed by atoms with van der Waals surface area (Å²) in [6.07, 6.45) is 4.13. The summed E-state index contributed by atoms with van der Waals surface area (Å²) < 4.78 is 1.94. The highest BCUT2D eigenvalue weighted by atomic mass is 15.1. The molecule has 3 heteroatoms. The predicted molar refractivity (Wildman–Crippen MR) is 47.3 cm³/mol. The van der Waals surface area contributed by atoms with Gasteiger partial charge in [-0.05, 0) is 13.0 Å². The van der Waals surface area contributed by atoms with Crippen LogP contribution in [-0.4, -0.2) is 9.55 Å². The van der Waals surface area contributed by atoms with Crippen molar-refractivity contribution < 1.29 is 0 Å². The molecule has 62 valence electrons. The van der Waals surface area contributed by atoms with E-state index in [2.05, 4.69) is 17.6 Å². The van der Waals surface area contributed by atoms with Crippen LogP contribution in [0.1, 0.15) is 17.9 Å². The second kappa shape index (κ2) is 3.72. The zero-order chi connectivity index (χ0) is 8.97. The maximum Gasteiger partial charge on any atom is 0.132 e. The quantitative estimate of drug-likeness (QED) is 0.677. The van der Waals surface area contributed by atoms with E-state index in [0.717, 1.165) is 11.5 Å². The van der Waals surface area contributed by atoms with Crippen LogP contribution in [-0.2, 0) is 6.54 Å². The minimum Gasteiger partial charge on any atom is -0.330 e. The maximum absolute atomic E-state index is 8.39. The summed E-state index contributed by atoms with van der Waals surface area (Å²) in [5.41, 5.74) is 0.961. The lowest BCUT2D eigenvalue weighted by Crippen LogP contribution is -1.97. The van der Waals surface area contributed by atoms with E-state index in [1.165, 1.54) is 0 Å². The molecule has 1 aromatic heterocycles. The molecule has 1 heterocycles. The molecule has 0 atom stereocenters. The van der Waals surface area contributed by atoms with Gasteiger partial charge in [0.25, 0.3) is 0 Å². The Morgan fingerprint density at radius 3 is 3.17 bits per heavy atom. The van der Waals surface area contributed by atoms with Gasteiger partial charge in [-0.25, -0.2) is 4.98 Å². The number of nitrogens with zero attached hydrogens (tertiary/aromatic N) is 3. The third-order valence-corrected chi connectivity index (χ3v) is 1.57. The third kappa shape index (κ3) is 1.73. The van der Waals surface area contributed by atoms with Crippen molar-refractivity contribution in [1.29, 1.82) is 5.26 Å². The van der Waals surface area contributed by atoms with E-state index in [1.807, 2.05) is 17.7 Å². The average Bonchev–Trinajstić information content (AvgIpc) is 2.42. The fraction of sp³-hybridized carbons (Fsp3) is 0.333. The summed E-state index contributed by atoms with van der Waals surface area (Å²) in [5, 5.41) is 8.39. The Hall–Kier alpha value is -1.56. The fourth-order valence-electron chi connectivity index (χ4n) is 1.08. The molecule has 0 aromatic carbocycles. The minimum absolute atomic E-state index is 0.511. The zero-order valence-electron chi connectivity index (χ0n) is 7.12. The molecular weight excluding hydrogens is 150 g/mol. The molecule has 0 saturated heterocycles. The van der Waals surface area contributed by atoms with Gasteiger partial charge in [-0.1, -0.05) is 6.58 Å². The van der Waals surface area contributed by atoms with Crippen molar-refractivity contribution in [1.82, 2.24) is 9.55 Å². The van der Waals surface area contributed by atoms with Gasteiger partial charge in [0.1, 0.15) is 5.82 Å². The summed E-state index contributed by atoms with van der Waals surface area (Å²) in [6, 6.07) is 2.09. The first-order valence-corrected chi connectivity index (χ1v) is 3.81. The first-order valence-electron chi connectivity index (χ1n) is 3.81. The van der Waals surface area contributed by atoms with Crippen molar-refractivity contribution in [3.8, 4) is 6.07 Å². The average molecular weight is 161 g/mol. The van der Waals surface area contributed by atoms with Crippen molar-refractivity contribution in [2.24, 2.45) is 0 Å². The van der Waals surface area contributed by atoms with Crippen LogP contribution in [0.15, 0.2) is 12.8 Å². The van der Waals surface area contributed by atoms with Crippen molar-refractivity contribution in [2.45, 2.75) is 19.9 Å². The van der Waals surface area contributed by atoms with Gasteiger partial charge in [0, 0.05) is 12.7 Å². The van der Waals surface area contributed by atoms with E-state index in [4.69, 9.17) is 5.26 Å². The molecule has 3 nitrogen and oxygen atoms in total. The lowest BCUT2D eigenvalue weighted by Gasteiger charge is -1.98. The third-order valence-electron chi connectivity index (χ3n) is 1.57. The Bertz CT molecular complexity index is 317. The number of hydrogen-bond acceptors (Lipinski definition) is 2. The van der Waals surface area contributed by atoms with Crippen LogP contribution in [0.4, 0.5) is 0 Å². The van der Waals surface area contributed by atoms with Gasteiger partial charge in [-0.2, -0.15) is 5.26 Å². The molecule has 0 radical (unpaired) electrons. The van der Waals surface area contributed by atoms with Crippen LogP contribution in [0.5, 0.6) is 0 Å². The topological polar surface area (TPSA) is 41.6 Å². The number of rotatable bonds is 3. The molecule has 12 heavy (non-hydrogen) atoms. The maximum atomic E-state index is 8.39. The number of nitriles is 1. The van der Waals surface area contributed by atoms with Crippen LogP contribution in [0.25, 0.3) is 6.08 Å². The first-order chi connectivity index (χ1) is 5.77. The van der Waals surface area contributed by atoms with Crippen LogP contribution < -0.4 is 0 Å². The van der Waals surface area contributed by atoms with E-state index in [-0.39, 0.29) is 0 Å². The lowest BCUT2D eigenvalue weighted by molar-refractivity contribution is 0.707. The monoisotopic (exact) mass is 161 g/mol. The summed E-state index contributed by atoms with van der Waals surface area (Å²) >= 11 is 0. The van der Waals surface area contributed by atoms with Gasteiger partial charge in [-0.3, -0.25) is 0 Å². The lowest BCUT2D eigenvalue weighted by atomic mass is 10.4. The molecule has 1 rings (SSSR count). The predicted octanol–water partition coefficient (Wildman–Crippen LogP) is 1.75. The van der Waals surface area contributed by atoms with Crippen LogP contribution in [0.2, 0.25) is 0 Å². The van der Waals surface area contributed by atoms with E-state index in [1.54, 1.807) is 6.08 Å². The van der Waals surface area contributed by atoms with E-state index in [0.29, 0.717) is 13.0 Å². The Balaban J connectivity index is 2.83. The molecule has 0 aliphatic rings. The molecule has 0 aliphatic heterocycles. The molecule has 0 amide bonds. The molecule has 1 aromatic rings. The molecular formula is C9H11N3. The summed E-state index contributed by atoms with van der Waals surface area (Å²) in [5.74, 6) is 0.836. The Kier molecular flexibility index (Phi) is 2.65. The summed E-state index contributed by atoms with van der Waals surface area (Å²) in [7, 11) is 0. The smallest absolute Gasteiger partial charge is 0.132 e. The summed E-state index contributed by atoms with van der Waals surface area (Å²) in [4.78, 5) is 4.22. The number of hydrogen-bond donors (Lipinski definition) is 0. The van der Waals surface area contributed by atoms with Crippen molar-refractivity contribution in [3.05, 3.63) is 24.3 Å². The number of aromatic nitrogens is 2. The molecule has 0 unspecified atom stereocenters. The highest BCUT2D eigenvalue weighted by molar-refractivity contribution is 5.37. The molecule has 0 N–H and O–H groups in total. The fourth-order valence-corrected chi connectivity index (χ4v) is 1.08. The second-order valence-corrected chi connectivity index (χ2v) is 2.55. The zero-order valence-corrected chi connectivity index (χ0v) is 7.12. The first kappa shape index (κ1) is 8.54. The van der Waals surface area contributed by atoms with Crippen LogP contribution in [0, 0.1) is 18.3 Å². The molecule has 0 aliphatic carbocycles. The van der Waals surface area contributed by atoms with Crippen molar-refractivity contribution in [3.63, 3.8) is 0 Å². The van der Waals surface area contributed by atoms with E-state index < -0.39 is 0 Å². The molecule has 0 bridgehead atoms. The second-order valence-electron chi connectivity index (χ2n) is 2.55. The highest BCUT2D eigenvalue weighted by Crippen LogP contribution is 2.04. The number of aryl methyl sites for hydroxylation is 2. The minimum atomic E-state index is 0.511. The molecule has 0 fully saturated rings. The van der Waals surface area contributed by atoms with Gasteiger partial charge >= 0.3 is 0 Å². The highest BCUT2D eigenvalue weighted by Gasteiger charge is 1.99. The van der Waals surface area contributed by atoms with E-state index in [9.17, 15) is 0 Å². The molecule has 0 saturated carbocycles. The van der Waals surface area contributed by atoms with Gasteiger partial charge in [0.15, 0.2) is 0 Å². The molecule has 0 spiro atoms.